The van der Waals surface area contributed by atoms with Gasteiger partial charge in [-0.15, -0.1) is 11.3 Å². The van der Waals surface area contributed by atoms with Crippen LogP contribution in [-0.2, 0) is 11.2 Å². The monoisotopic (exact) mass is 466 g/mol. The smallest absolute Gasteiger partial charge is 0.311 e. The minimum atomic E-state index is -0.503. The Morgan fingerprint density at radius 1 is 0.788 bits per heavy atom. The van der Waals surface area contributed by atoms with Gasteiger partial charge in [-0.25, -0.2) is 4.39 Å². The number of hydrogen-bond donors (Lipinski definition) is 0. The van der Waals surface area contributed by atoms with Gasteiger partial charge in [0, 0.05) is 16.2 Å². The summed E-state index contributed by atoms with van der Waals surface area (Å²) in [5.74, 6) is -0.868. The van der Waals surface area contributed by atoms with Gasteiger partial charge in [0.1, 0.15) is 0 Å². The zero-order chi connectivity index (χ0) is 23.5. The van der Waals surface area contributed by atoms with Gasteiger partial charge in [-0.1, -0.05) is 76.6 Å². The molecule has 2 aromatic carbocycles. The normalized spacial score (nSPS) is 11.0. The summed E-state index contributed by atoms with van der Waals surface area (Å²) in [4.78, 5) is 14.1. The number of halogens is 1. The van der Waals surface area contributed by atoms with Gasteiger partial charge < -0.3 is 4.74 Å². The summed E-state index contributed by atoms with van der Waals surface area (Å²) in [5, 5.41) is 0. The van der Waals surface area contributed by atoms with E-state index in [1.807, 2.05) is 12.1 Å². The molecule has 0 bridgehead atoms. The average Bonchev–Trinajstić information content (AvgIpc) is 3.32. The Balaban J connectivity index is 1.59. The number of benzene rings is 2. The van der Waals surface area contributed by atoms with Crippen LogP contribution in [0.15, 0.2) is 54.6 Å². The van der Waals surface area contributed by atoms with Crippen LogP contribution in [0.2, 0.25) is 0 Å². The van der Waals surface area contributed by atoms with E-state index in [0.717, 1.165) is 47.4 Å². The fourth-order valence-electron chi connectivity index (χ4n) is 3.85. The Kier molecular flexibility index (Phi) is 10.1. The second-order valence-electron chi connectivity index (χ2n) is 8.60. The first-order valence-electron chi connectivity index (χ1n) is 12.3. The number of ether oxygens (including phenoxy) is 1. The zero-order valence-corrected chi connectivity index (χ0v) is 20.7. The van der Waals surface area contributed by atoms with Gasteiger partial charge in [0.2, 0.25) is 0 Å². The molecule has 0 saturated carbocycles. The molecule has 0 unspecified atom stereocenters. The molecule has 0 aliphatic carbocycles. The molecule has 0 aliphatic heterocycles. The van der Waals surface area contributed by atoms with Crippen molar-refractivity contribution in [2.24, 2.45) is 0 Å². The third-order valence-corrected chi connectivity index (χ3v) is 7.02. The number of carbonyl (C=O) groups excluding carboxylic acids is 1. The maximum atomic E-state index is 14.6. The molecule has 0 saturated heterocycles. The predicted octanol–water partition coefficient (Wildman–Crippen LogP) is 9.22. The van der Waals surface area contributed by atoms with Crippen LogP contribution in [0, 0.1) is 5.82 Å². The molecule has 0 radical (unpaired) electrons. The van der Waals surface area contributed by atoms with Crippen molar-refractivity contribution in [2.45, 2.75) is 78.1 Å². The Hall–Kier alpha value is -2.46. The van der Waals surface area contributed by atoms with E-state index >= 15 is 0 Å². The summed E-state index contributed by atoms with van der Waals surface area (Å²) < 4.78 is 19.8. The van der Waals surface area contributed by atoms with Crippen LogP contribution in [-0.4, -0.2) is 5.97 Å². The average molecular weight is 467 g/mol. The minimum Gasteiger partial charge on any atom is -0.423 e. The molecule has 0 aliphatic rings. The molecular weight excluding hydrogens is 431 g/mol. The van der Waals surface area contributed by atoms with E-state index in [4.69, 9.17) is 4.74 Å². The van der Waals surface area contributed by atoms with Crippen molar-refractivity contribution in [1.82, 2.24) is 0 Å². The lowest BCUT2D eigenvalue weighted by molar-refractivity contribution is -0.134. The molecular formula is C29H35FO2S. The lowest BCUT2D eigenvalue weighted by Crippen LogP contribution is -2.08. The fourth-order valence-corrected chi connectivity index (χ4v) is 4.85. The standard InChI is InChI=1S/C29H35FO2S/c1-3-5-7-9-11-22-13-15-23(16-14-22)27-19-20-28(33-27)24-17-18-26(25(30)21-24)32-29(31)12-10-8-6-4-2/h13-21H,3-12H2,1-2H3. The molecule has 0 spiro atoms. The van der Waals surface area contributed by atoms with E-state index in [-0.39, 0.29) is 11.7 Å². The first-order chi connectivity index (χ1) is 16.1. The first-order valence-corrected chi connectivity index (χ1v) is 13.1. The molecule has 176 valence electrons. The number of hydrogen-bond acceptors (Lipinski definition) is 3. The fraction of sp³-hybridized carbons (Fsp3) is 0.414. The highest BCUT2D eigenvalue weighted by molar-refractivity contribution is 7.18. The second-order valence-corrected chi connectivity index (χ2v) is 9.69. The van der Waals surface area contributed by atoms with Gasteiger partial charge in [0.05, 0.1) is 0 Å². The summed E-state index contributed by atoms with van der Waals surface area (Å²) in [7, 11) is 0. The minimum absolute atomic E-state index is 0.00514. The van der Waals surface area contributed by atoms with Crippen LogP contribution in [0.3, 0.4) is 0 Å². The molecule has 1 aromatic heterocycles. The van der Waals surface area contributed by atoms with E-state index in [0.29, 0.717) is 6.42 Å². The van der Waals surface area contributed by atoms with Crippen LogP contribution < -0.4 is 4.74 Å². The molecule has 3 aromatic rings. The van der Waals surface area contributed by atoms with Crippen LogP contribution in [0.1, 0.15) is 77.2 Å². The quantitative estimate of drug-likeness (QED) is 0.142. The summed E-state index contributed by atoms with van der Waals surface area (Å²) in [6, 6.07) is 17.7. The lowest BCUT2D eigenvalue weighted by atomic mass is 10.0. The molecule has 3 rings (SSSR count). The van der Waals surface area contributed by atoms with E-state index in [9.17, 15) is 9.18 Å². The van der Waals surface area contributed by atoms with Crippen LogP contribution in [0.25, 0.3) is 20.9 Å². The first kappa shape index (κ1) is 25.2. The number of thiophene rings is 1. The summed E-state index contributed by atoms with van der Waals surface area (Å²) in [6.45, 7) is 4.36. The van der Waals surface area contributed by atoms with E-state index in [1.165, 1.54) is 42.9 Å². The van der Waals surface area contributed by atoms with Crippen molar-refractivity contribution in [2.75, 3.05) is 0 Å². The van der Waals surface area contributed by atoms with Crippen molar-refractivity contribution in [1.29, 1.82) is 0 Å². The molecule has 0 amide bonds. The topological polar surface area (TPSA) is 26.3 Å². The maximum Gasteiger partial charge on any atom is 0.311 e. The molecule has 33 heavy (non-hydrogen) atoms. The lowest BCUT2D eigenvalue weighted by Gasteiger charge is -2.07. The van der Waals surface area contributed by atoms with Crippen LogP contribution >= 0.6 is 11.3 Å². The van der Waals surface area contributed by atoms with Gasteiger partial charge in [-0.05, 0) is 66.3 Å². The third-order valence-electron chi connectivity index (χ3n) is 5.84. The van der Waals surface area contributed by atoms with Gasteiger partial charge in [0.25, 0.3) is 0 Å². The molecule has 2 nitrogen and oxygen atoms in total. The number of aryl methyl sites for hydroxylation is 1. The highest BCUT2D eigenvalue weighted by Gasteiger charge is 2.12. The van der Waals surface area contributed by atoms with E-state index in [1.54, 1.807) is 17.4 Å². The molecule has 0 fully saturated rings. The zero-order valence-electron chi connectivity index (χ0n) is 19.9. The van der Waals surface area contributed by atoms with Crippen molar-refractivity contribution >= 4 is 17.3 Å². The molecule has 0 atom stereocenters. The van der Waals surface area contributed by atoms with Gasteiger partial charge >= 0.3 is 5.97 Å². The van der Waals surface area contributed by atoms with Crippen molar-refractivity contribution in [3.63, 3.8) is 0 Å². The Bertz CT molecular complexity index is 1010. The van der Waals surface area contributed by atoms with E-state index < -0.39 is 5.82 Å². The summed E-state index contributed by atoms with van der Waals surface area (Å²) in [6.07, 6.45) is 10.5. The van der Waals surface area contributed by atoms with Crippen molar-refractivity contribution in [3.05, 3.63) is 66.0 Å². The second kappa shape index (κ2) is 13.3. The Labute approximate surface area is 201 Å². The molecule has 1 heterocycles. The number of esters is 1. The summed E-state index contributed by atoms with van der Waals surface area (Å²) in [5.41, 5.74) is 3.35. The largest absolute Gasteiger partial charge is 0.423 e. The van der Waals surface area contributed by atoms with Gasteiger partial charge in [-0.3, -0.25) is 4.79 Å². The number of carbonyl (C=O) groups is 1. The molecule has 0 N–H and O–H groups in total. The molecule has 4 heteroatoms. The summed E-state index contributed by atoms with van der Waals surface area (Å²) >= 11 is 1.64. The highest BCUT2D eigenvalue weighted by atomic mass is 32.1. The van der Waals surface area contributed by atoms with Crippen LogP contribution in [0.5, 0.6) is 5.75 Å². The van der Waals surface area contributed by atoms with Crippen LogP contribution in [0.4, 0.5) is 4.39 Å². The maximum absolute atomic E-state index is 14.6. The number of rotatable bonds is 13. The van der Waals surface area contributed by atoms with Crippen molar-refractivity contribution < 1.29 is 13.9 Å². The Morgan fingerprint density at radius 2 is 1.42 bits per heavy atom. The SMILES string of the molecule is CCCCCCC(=O)Oc1ccc(-c2ccc(-c3ccc(CCCCCC)cc3)s2)cc1F. The highest BCUT2D eigenvalue weighted by Crippen LogP contribution is 2.36. The Morgan fingerprint density at radius 3 is 2.09 bits per heavy atom. The van der Waals surface area contributed by atoms with Gasteiger partial charge in [-0.2, -0.15) is 0 Å². The van der Waals surface area contributed by atoms with E-state index in [2.05, 4.69) is 44.2 Å². The third kappa shape index (κ3) is 7.82. The van der Waals surface area contributed by atoms with Crippen molar-refractivity contribution in [3.8, 4) is 26.6 Å². The predicted molar refractivity (Wildman–Crippen MR) is 137 cm³/mol. The number of unbranched alkanes of at least 4 members (excludes halogenated alkanes) is 6. The van der Waals surface area contributed by atoms with Gasteiger partial charge in [0.15, 0.2) is 11.6 Å².